The van der Waals surface area contributed by atoms with Crippen LogP contribution in [0.5, 0.6) is 0 Å². The van der Waals surface area contributed by atoms with Crippen LogP contribution in [0.3, 0.4) is 0 Å². The number of nitrogens with zero attached hydrogens (tertiary/aromatic N) is 2. The molecular weight excluding hydrogens is 360 g/mol. The smallest absolute Gasteiger partial charge is 0.288 e. The van der Waals surface area contributed by atoms with Crippen molar-refractivity contribution in [1.82, 2.24) is 9.78 Å². The van der Waals surface area contributed by atoms with Gasteiger partial charge in [-0.1, -0.05) is 42.1 Å². The van der Waals surface area contributed by atoms with Crippen molar-refractivity contribution in [3.05, 3.63) is 82.8 Å². The maximum absolute atomic E-state index is 12.6. The second-order valence-corrected chi connectivity index (χ2v) is 6.16. The molecule has 2 aromatic carbocycles. The normalized spacial score (nSPS) is 10.7. The summed E-state index contributed by atoms with van der Waals surface area (Å²) in [6, 6.07) is 17.4. The molecule has 132 valence electrons. The maximum atomic E-state index is 12.6. The maximum Gasteiger partial charge on any atom is 0.288 e. The third kappa shape index (κ3) is 4.15. The summed E-state index contributed by atoms with van der Waals surface area (Å²) in [5.41, 5.74) is 0.370. The molecule has 26 heavy (non-hydrogen) atoms. The van der Waals surface area contributed by atoms with Gasteiger partial charge in [0.15, 0.2) is 0 Å². The number of carbonyl (C=O) groups excluding carboxylic acids is 1. The van der Waals surface area contributed by atoms with E-state index in [-0.39, 0.29) is 21.8 Å². The molecular formula is C18H13F2N3O2S. The van der Waals surface area contributed by atoms with Gasteiger partial charge in [-0.05, 0) is 30.3 Å². The van der Waals surface area contributed by atoms with Gasteiger partial charge in [0.25, 0.3) is 17.2 Å². The van der Waals surface area contributed by atoms with Crippen molar-refractivity contribution in [3.8, 4) is 5.69 Å². The summed E-state index contributed by atoms with van der Waals surface area (Å²) < 4.78 is 26.4. The number of hydrogen-bond acceptors (Lipinski definition) is 4. The lowest BCUT2D eigenvalue weighted by Gasteiger charge is -2.11. The van der Waals surface area contributed by atoms with E-state index in [4.69, 9.17) is 0 Å². The average Bonchev–Trinajstić information content (AvgIpc) is 2.64. The van der Waals surface area contributed by atoms with Gasteiger partial charge in [-0.15, -0.1) is 0 Å². The Morgan fingerprint density at radius 1 is 1.00 bits per heavy atom. The van der Waals surface area contributed by atoms with E-state index >= 15 is 0 Å². The first-order valence-corrected chi connectivity index (χ1v) is 8.43. The van der Waals surface area contributed by atoms with Crippen LogP contribution in [0.1, 0.15) is 10.5 Å². The minimum Gasteiger partial charge on any atom is -0.320 e. The van der Waals surface area contributed by atoms with Crippen LogP contribution in [0.2, 0.25) is 0 Å². The van der Waals surface area contributed by atoms with Crippen molar-refractivity contribution < 1.29 is 13.6 Å². The van der Waals surface area contributed by atoms with E-state index in [0.29, 0.717) is 17.4 Å². The molecule has 0 aliphatic rings. The zero-order valence-electron chi connectivity index (χ0n) is 13.3. The fourth-order valence-electron chi connectivity index (χ4n) is 2.24. The molecule has 3 rings (SSSR count). The fraction of sp³-hybridized carbons (Fsp3) is 0.0556. The molecule has 5 nitrogen and oxygen atoms in total. The van der Waals surface area contributed by atoms with Crippen LogP contribution >= 0.6 is 11.8 Å². The summed E-state index contributed by atoms with van der Waals surface area (Å²) in [7, 11) is 0. The van der Waals surface area contributed by atoms with Crippen molar-refractivity contribution in [2.24, 2.45) is 0 Å². The Morgan fingerprint density at radius 3 is 2.42 bits per heavy atom. The lowest BCUT2D eigenvalue weighted by Crippen LogP contribution is -2.25. The van der Waals surface area contributed by atoms with Crippen molar-refractivity contribution >= 4 is 23.4 Å². The minimum atomic E-state index is -2.61. The zero-order valence-corrected chi connectivity index (χ0v) is 14.1. The van der Waals surface area contributed by atoms with Crippen molar-refractivity contribution in [2.45, 2.75) is 10.7 Å². The van der Waals surface area contributed by atoms with Crippen LogP contribution in [0.25, 0.3) is 5.69 Å². The molecule has 0 radical (unpaired) electrons. The quantitative estimate of drug-likeness (QED) is 0.691. The standard InChI is InChI=1S/C18H13F2N3O2S/c19-18(20)26-15-9-5-4-8-13(15)21-17(25)14-10-11-16(24)23(22-14)12-6-2-1-3-7-12/h1-11,18H,(H,21,25). The lowest BCUT2D eigenvalue weighted by molar-refractivity contribution is 0.102. The number of amides is 1. The Hall–Kier alpha value is -3.00. The van der Waals surface area contributed by atoms with Crippen LogP contribution < -0.4 is 10.9 Å². The number of para-hydroxylation sites is 2. The molecule has 0 spiro atoms. The number of rotatable bonds is 5. The van der Waals surface area contributed by atoms with E-state index in [1.54, 1.807) is 42.5 Å². The minimum absolute atomic E-state index is 0.00898. The first-order valence-electron chi connectivity index (χ1n) is 7.55. The number of nitrogens with one attached hydrogen (secondary N) is 1. The third-order valence-corrected chi connectivity index (χ3v) is 4.17. The van der Waals surface area contributed by atoms with E-state index in [0.717, 1.165) is 4.68 Å². The molecule has 0 aliphatic heterocycles. The van der Waals surface area contributed by atoms with Crippen LogP contribution in [-0.2, 0) is 0 Å². The second kappa shape index (κ2) is 7.92. The summed E-state index contributed by atoms with van der Waals surface area (Å²) >= 11 is 0.341. The predicted molar refractivity (Wildman–Crippen MR) is 96.1 cm³/mol. The number of hydrogen-bond donors (Lipinski definition) is 1. The van der Waals surface area contributed by atoms with Gasteiger partial charge in [0.2, 0.25) is 0 Å². The van der Waals surface area contributed by atoms with Gasteiger partial charge in [-0.2, -0.15) is 18.6 Å². The van der Waals surface area contributed by atoms with Gasteiger partial charge in [0, 0.05) is 11.0 Å². The number of alkyl halides is 2. The summed E-state index contributed by atoms with van der Waals surface area (Å²) in [4.78, 5) is 24.7. The predicted octanol–water partition coefficient (Wildman–Crippen LogP) is 3.80. The van der Waals surface area contributed by atoms with Crippen LogP contribution in [0.4, 0.5) is 14.5 Å². The fourth-order valence-corrected chi connectivity index (χ4v) is 2.84. The van der Waals surface area contributed by atoms with Crippen molar-refractivity contribution in [3.63, 3.8) is 0 Å². The van der Waals surface area contributed by atoms with Crippen LogP contribution in [0, 0.1) is 0 Å². The molecule has 3 aromatic rings. The van der Waals surface area contributed by atoms with Gasteiger partial charge in [-0.3, -0.25) is 9.59 Å². The first kappa shape index (κ1) is 17.8. The first-order chi connectivity index (χ1) is 12.5. The van der Waals surface area contributed by atoms with Gasteiger partial charge < -0.3 is 5.32 Å². The Labute approximate surface area is 151 Å². The largest absolute Gasteiger partial charge is 0.320 e. The monoisotopic (exact) mass is 373 g/mol. The van der Waals surface area contributed by atoms with Gasteiger partial charge in [0.05, 0.1) is 11.4 Å². The molecule has 1 N–H and O–H groups in total. The summed E-state index contributed by atoms with van der Waals surface area (Å²) in [6.07, 6.45) is 0. The van der Waals surface area contributed by atoms with E-state index in [1.807, 2.05) is 0 Å². The molecule has 0 atom stereocenters. The Morgan fingerprint density at radius 2 is 1.69 bits per heavy atom. The molecule has 1 aromatic heterocycles. The molecule has 0 fully saturated rings. The van der Waals surface area contributed by atoms with E-state index in [9.17, 15) is 18.4 Å². The lowest BCUT2D eigenvalue weighted by atomic mass is 10.3. The molecule has 0 aliphatic carbocycles. The van der Waals surface area contributed by atoms with Crippen LogP contribution in [0.15, 0.2) is 76.4 Å². The Bertz CT molecular complexity index is 977. The number of thioether (sulfide) groups is 1. The number of halogens is 2. The summed E-state index contributed by atoms with van der Waals surface area (Å²) in [6.45, 7) is 0. The highest BCUT2D eigenvalue weighted by Gasteiger charge is 2.15. The number of carbonyl (C=O) groups is 1. The van der Waals surface area contributed by atoms with Gasteiger partial charge in [0.1, 0.15) is 5.69 Å². The molecule has 0 bridgehead atoms. The molecule has 1 heterocycles. The number of aromatic nitrogens is 2. The van der Waals surface area contributed by atoms with Crippen LogP contribution in [-0.4, -0.2) is 21.4 Å². The molecule has 0 saturated carbocycles. The molecule has 0 unspecified atom stereocenters. The summed E-state index contributed by atoms with van der Waals surface area (Å²) in [5, 5.41) is 6.63. The highest BCUT2D eigenvalue weighted by molar-refractivity contribution is 7.99. The second-order valence-electron chi connectivity index (χ2n) is 5.13. The van der Waals surface area contributed by atoms with Crippen molar-refractivity contribution in [1.29, 1.82) is 0 Å². The van der Waals surface area contributed by atoms with Crippen molar-refractivity contribution in [2.75, 3.05) is 5.32 Å². The Balaban J connectivity index is 1.89. The van der Waals surface area contributed by atoms with E-state index in [1.165, 1.54) is 24.3 Å². The molecule has 8 heteroatoms. The topological polar surface area (TPSA) is 64.0 Å². The highest BCUT2D eigenvalue weighted by Crippen LogP contribution is 2.31. The van der Waals surface area contributed by atoms with E-state index in [2.05, 4.69) is 10.4 Å². The Kier molecular flexibility index (Phi) is 5.43. The van der Waals surface area contributed by atoms with Gasteiger partial charge in [-0.25, -0.2) is 0 Å². The van der Waals surface area contributed by atoms with E-state index < -0.39 is 11.7 Å². The SMILES string of the molecule is O=C(Nc1ccccc1SC(F)F)c1ccc(=O)n(-c2ccccc2)n1. The highest BCUT2D eigenvalue weighted by atomic mass is 32.2. The summed E-state index contributed by atoms with van der Waals surface area (Å²) in [5.74, 6) is -3.21. The molecule has 0 saturated heterocycles. The molecule has 1 amide bonds. The number of anilines is 1. The third-order valence-electron chi connectivity index (χ3n) is 3.38. The average molecular weight is 373 g/mol. The number of benzene rings is 2. The van der Waals surface area contributed by atoms with Gasteiger partial charge >= 0.3 is 0 Å². The zero-order chi connectivity index (χ0) is 18.5.